The van der Waals surface area contributed by atoms with Crippen LogP contribution in [-0.2, 0) is 17.7 Å². The topological polar surface area (TPSA) is 61.8 Å². The van der Waals surface area contributed by atoms with E-state index in [2.05, 4.69) is 64.8 Å². The van der Waals surface area contributed by atoms with Gasteiger partial charge >= 0.3 is 6.09 Å². The number of hydrogen-bond donors (Lipinski definition) is 0. The molecule has 3 heterocycles. The molecule has 0 saturated carbocycles. The molecule has 0 N–H and O–H groups in total. The van der Waals surface area contributed by atoms with Gasteiger partial charge in [0.25, 0.3) is 0 Å². The van der Waals surface area contributed by atoms with E-state index >= 15 is 0 Å². The van der Waals surface area contributed by atoms with Crippen molar-refractivity contribution in [3.8, 4) is 0 Å². The van der Waals surface area contributed by atoms with Crippen molar-refractivity contribution in [2.75, 3.05) is 31.1 Å². The zero-order valence-electron chi connectivity index (χ0n) is 20.2. The Hall–Kier alpha value is -2.67. The monoisotopic (exact) mass is 451 g/mol. The highest BCUT2D eigenvalue weighted by Crippen LogP contribution is 2.23. The number of amides is 1. The van der Waals surface area contributed by atoms with Crippen molar-refractivity contribution >= 4 is 12.0 Å². The minimum atomic E-state index is -0.185. The molecule has 4 rings (SSSR count). The number of ether oxygens (including phenoxy) is 1. The Morgan fingerprint density at radius 2 is 1.64 bits per heavy atom. The van der Waals surface area contributed by atoms with E-state index < -0.39 is 0 Å². The number of piperazine rings is 1. The van der Waals surface area contributed by atoms with E-state index in [1.807, 2.05) is 23.4 Å². The second-order valence-electron chi connectivity index (χ2n) is 9.50. The average molecular weight is 452 g/mol. The van der Waals surface area contributed by atoms with Crippen LogP contribution in [-0.4, -0.2) is 70.2 Å². The molecule has 1 aromatic carbocycles. The van der Waals surface area contributed by atoms with Gasteiger partial charge in [-0.2, -0.15) is 0 Å². The normalized spacial score (nSPS) is 22.4. The molecule has 2 aliphatic rings. The molecule has 7 nitrogen and oxygen atoms in total. The van der Waals surface area contributed by atoms with Gasteiger partial charge in [0.2, 0.25) is 5.95 Å². The summed E-state index contributed by atoms with van der Waals surface area (Å²) in [5.74, 6) is 0.743. The van der Waals surface area contributed by atoms with Gasteiger partial charge in [-0.1, -0.05) is 43.7 Å². The molecule has 2 atom stereocenters. The van der Waals surface area contributed by atoms with Crippen LogP contribution >= 0.6 is 0 Å². The Balaban J connectivity index is 1.26. The third kappa shape index (κ3) is 6.02. The summed E-state index contributed by atoms with van der Waals surface area (Å²) in [5.41, 5.74) is 2.50. The van der Waals surface area contributed by atoms with Gasteiger partial charge in [-0.05, 0) is 44.2 Å². The van der Waals surface area contributed by atoms with E-state index in [1.54, 1.807) is 0 Å². The smallest absolute Gasteiger partial charge is 0.410 e. The van der Waals surface area contributed by atoms with Gasteiger partial charge in [0.1, 0.15) is 6.10 Å². The maximum Gasteiger partial charge on any atom is 0.410 e. The molecule has 2 aromatic rings. The van der Waals surface area contributed by atoms with Gasteiger partial charge < -0.3 is 9.64 Å². The summed E-state index contributed by atoms with van der Waals surface area (Å²) < 4.78 is 5.96. The Kier molecular flexibility index (Phi) is 7.81. The maximum absolute atomic E-state index is 13.1. The first-order valence-corrected chi connectivity index (χ1v) is 12.3. The highest BCUT2D eigenvalue weighted by Gasteiger charge is 2.36. The minimum Gasteiger partial charge on any atom is -0.446 e. The molecule has 2 aliphatic heterocycles. The fraction of sp³-hybridized carbons (Fsp3) is 0.577. The van der Waals surface area contributed by atoms with E-state index in [4.69, 9.17) is 4.74 Å². The highest BCUT2D eigenvalue weighted by atomic mass is 16.6. The molecule has 7 heteroatoms. The number of aryl methyl sites for hydroxylation is 1. The number of hydrogen-bond acceptors (Lipinski definition) is 6. The lowest BCUT2D eigenvalue weighted by Crippen LogP contribution is -2.59. The molecule has 178 valence electrons. The van der Waals surface area contributed by atoms with Crippen molar-refractivity contribution in [2.45, 2.75) is 71.2 Å². The predicted octanol–water partition coefficient (Wildman–Crippen LogP) is 4.13. The second-order valence-corrected chi connectivity index (χ2v) is 9.50. The molecular formula is C26H37N5O2. The summed E-state index contributed by atoms with van der Waals surface area (Å²) in [5, 5.41) is 0. The number of benzene rings is 1. The summed E-state index contributed by atoms with van der Waals surface area (Å²) in [6, 6.07) is 10.6. The Morgan fingerprint density at radius 3 is 2.24 bits per heavy atom. The predicted molar refractivity (Wildman–Crippen MR) is 130 cm³/mol. The first-order valence-electron chi connectivity index (χ1n) is 12.3. The lowest BCUT2D eigenvalue weighted by molar-refractivity contribution is 0.00996. The SMILES string of the molecule is CCCc1cnc(N2C[C@@H](C)N(C(=O)OC3CCN(Cc4ccccc4)CC3)[C@@H](C)C2)nc1. The van der Waals surface area contributed by atoms with Crippen molar-refractivity contribution in [2.24, 2.45) is 0 Å². The van der Waals surface area contributed by atoms with Gasteiger partial charge in [0, 0.05) is 45.1 Å². The van der Waals surface area contributed by atoms with Gasteiger partial charge in [0.05, 0.1) is 12.1 Å². The number of piperidine rings is 1. The van der Waals surface area contributed by atoms with Crippen LogP contribution in [0.5, 0.6) is 0 Å². The van der Waals surface area contributed by atoms with E-state index in [-0.39, 0.29) is 24.3 Å². The number of anilines is 1. The molecule has 2 fully saturated rings. The maximum atomic E-state index is 13.1. The fourth-order valence-electron chi connectivity index (χ4n) is 5.01. The molecule has 2 saturated heterocycles. The zero-order chi connectivity index (χ0) is 23.2. The van der Waals surface area contributed by atoms with E-state index in [0.29, 0.717) is 13.1 Å². The largest absolute Gasteiger partial charge is 0.446 e. The van der Waals surface area contributed by atoms with Crippen LogP contribution in [0, 0.1) is 0 Å². The average Bonchev–Trinajstić information content (AvgIpc) is 2.81. The third-order valence-corrected chi connectivity index (χ3v) is 6.69. The van der Waals surface area contributed by atoms with Gasteiger partial charge in [-0.25, -0.2) is 14.8 Å². The molecule has 33 heavy (non-hydrogen) atoms. The molecule has 0 aliphatic carbocycles. The van der Waals surface area contributed by atoms with Gasteiger partial charge in [-0.3, -0.25) is 9.80 Å². The lowest BCUT2D eigenvalue weighted by Gasteiger charge is -2.44. The summed E-state index contributed by atoms with van der Waals surface area (Å²) in [6.45, 7) is 10.6. The number of carbonyl (C=O) groups is 1. The summed E-state index contributed by atoms with van der Waals surface area (Å²) in [6.07, 6.45) is 7.52. The first kappa shape index (κ1) is 23.5. The molecule has 0 spiro atoms. The zero-order valence-corrected chi connectivity index (χ0v) is 20.2. The number of carbonyl (C=O) groups excluding carboxylic acids is 1. The third-order valence-electron chi connectivity index (χ3n) is 6.69. The van der Waals surface area contributed by atoms with Crippen molar-refractivity contribution in [3.63, 3.8) is 0 Å². The van der Waals surface area contributed by atoms with E-state index in [1.165, 1.54) is 11.1 Å². The van der Waals surface area contributed by atoms with Gasteiger partial charge in [0.15, 0.2) is 0 Å². The standard InChI is InChI=1S/C26H37N5O2/c1-4-8-23-15-27-25(28-16-23)30-17-20(2)31(21(3)18-30)26(32)33-24-11-13-29(14-12-24)19-22-9-6-5-7-10-22/h5-7,9-10,15-16,20-21,24H,4,8,11-14,17-19H2,1-3H3/t20-,21+. The number of rotatable bonds is 6. The summed E-state index contributed by atoms with van der Waals surface area (Å²) in [7, 11) is 0. The number of aromatic nitrogens is 2. The lowest BCUT2D eigenvalue weighted by atomic mass is 10.1. The van der Waals surface area contributed by atoms with Crippen molar-refractivity contribution in [1.82, 2.24) is 19.8 Å². The van der Waals surface area contributed by atoms with Crippen molar-refractivity contribution in [3.05, 3.63) is 53.9 Å². The van der Waals surface area contributed by atoms with Crippen LogP contribution in [0.2, 0.25) is 0 Å². The number of nitrogens with zero attached hydrogens (tertiary/aromatic N) is 5. The molecule has 0 unspecified atom stereocenters. The molecule has 1 aromatic heterocycles. The van der Waals surface area contributed by atoms with Crippen LogP contribution in [0.15, 0.2) is 42.7 Å². The molecular weight excluding hydrogens is 414 g/mol. The van der Waals surface area contributed by atoms with Crippen LogP contribution in [0.3, 0.4) is 0 Å². The summed E-state index contributed by atoms with van der Waals surface area (Å²) in [4.78, 5) is 28.7. The number of likely N-dealkylation sites (tertiary alicyclic amines) is 1. The van der Waals surface area contributed by atoms with Crippen LogP contribution in [0.25, 0.3) is 0 Å². The minimum absolute atomic E-state index is 0.00334. The quantitative estimate of drug-likeness (QED) is 0.658. The van der Waals surface area contributed by atoms with Crippen LogP contribution in [0.4, 0.5) is 10.7 Å². The summed E-state index contributed by atoms with van der Waals surface area (Å²) >= 11 is 0. The second kappa shape index (κ2) is 11.0. The van der Waals surface area contributed by atoms with E-state index in [0.717, 1.165) is 51.3 Å². The molecule has 1 amide bonds. The Labute approximate surface area is 197 Å². The Morgan fingerprint density at radius 1 is 1.00 bits per heavy atom. The van der Waals surface area contributed by atoms with Crippen LogP contribution < -0.4 is 4.90 Å². The highest BCUT2D eigenvalue weighted by molar-refractivity contribution is 5.69. The van der Waals surface area contributed by atoms with Crippen molar-refractivity contribution < 1.29 is 9.53 Å². The molecule has 0 radical (unpaired) electrons. The van der Waals surface area contributed by atoms with Gasteiger partial charge in [-0.15, -0.1) is 0 Å². The van der Waals surface area contributed by atoms with Crippen LogP contribution in [0.1, 0.15) is 51.2 Å². The Bertz CT molecular complexity index is 871. The van der Waals surface area contributed by atoms with Crippen molar-refractivity contribution in [1.29, 1.82) is 0 Å². The fourth-order valence-corrected chi connectivity index (χ4v) is 5.01. The van der Waals surface area contributed by atoms with E-state index in [9.17, 15) is 4.79 Å². The first-order chi connectivity index (χ1) is 16.0. The molecule has 0 bridgehead atoms.